The fourth-order valence-corrected chi connectivity index (χ4v) is 4.85. The normalized spacial score (nSPS) is 21.5. The van der Waals surface area contributed by atoms with Crippen LogP contribution >= 0.6 is 12.4 Å². The van der Waals surface area contributed by atoms with Crippen LogP contribution in [0.3, 0.4) is 0 Å². The fourth-order valence-electron chi connectivity index (χ4n) is 3.91. The van der Waals surface area contributed by atoms with Crippen LogP contribution in [0.15, 0.2) is 29.2 Å². The van der Waals surface area contributed by atoms with E-state index in [2.05, 4.69) is 15.1 Å². The maximum atomic E-state index is 12.0. The van der Waals surface area contributed by atoms with Gasteiger partial charge in [-0.05, 0) is 57.1 Å². The third kappa shape index (κ3) is 5.66. The van der Waals surface area contributed by atoms with E-state index in [1.807, 2.05) is 12.1 Å². The highest BCUT2D eigenvalue weighted by Gasteiger charge is 2.25. The number of nitrogens with one attached hydrogen (secondary N) is 1. The highest BCUT2D eigenvalue weighted by molar-refractivity contribution is 7.90. The van der Waals surface area contributed by atoms with Gasteiger partial charge in [-0.1, -0.05) is 18.2 Å². The average Bonchev–Trinajstić information content (AvgIpc) is 2.84. The molecule has 0 unspecified atom stereocenters. The van der Waals surface area contributed by atoms with Crippen molar-refractivity contribution in [2.45, 2.75) is 36.7 Å². The minimum Gasteiger partial charge on any atom is -0.315 e. The van der Waals surface area contributed by atoms with E-state index >= 15 is 0 Å². The summed E-state index contributed by atoms with van der Waals surface area (Å²) in [5.74, 6) is 0. The molecule has 0 aromatic heterocycles. The van der Waals surface area contributed by atoms with Crippen LogP contribution in [0.4, 0.5) is 0 Å². The molecule has 1 aromatic rings. The highest BCUT2D eigenvalue weighted by Crippen LogP contribution is 2.22. The van der Waals surface area contributed by atoms with Gasteiger partial charge in [0.25, 0.3) is 0 Å². The molecule has 7 heteroatoms. The molecule has 0 radical (unpaired) electrons. The second-order valence-electron chi connectivity index (χ2n) is 7.03. The van der Waals surface area contributed by atoms with Gasteiger partial charge in [-0.3, -0.25) is 9.80 Å². The molecular weight excluding hydrogens is 358 g/mol. The lowest BCUT2D eigenvalue weighted by molar-refractivity contribution is 0.109. The van der Waals surface area contributed by atoms with Crippen molar-refractivity contribution in [1.29, 1.82) is 0 Å². The van der Waals surface area contributed by atoms with E-state index in [-0.39, 0.29) is 12.4 Å². The Morgan fingerprint density at radius 1 is 1.08 bits per heavy atom. The Hall–Kier alpha value is -0.660. The Bertz CT molecular complexity index is 637. The maximum Gasteiger partial charge on any atom is 0.175 e. The van der Waals surface area contributed by atoms with Gasteiger partial charge in [0.05, 0.1) is 4.90 Å². The van der Waals surface area contributed by atoms with Crippen molar-refractivity contribution in [3.05, 3.63) is 29.8 Å². The molecule has 0 aliphatic carbocycles. The van der Waals surface area contributed by atoms with Crippen molar-refractivity contribution in [1.82, 2.24) is 15.1 Å². The Kier molecular flexibility index (Phi) is 7.70. The van der Waals surface area contributed by atoms with Crippen LogP contribution < -0.4 is 5.32 Å². The number of hydrogen-bond acceptors (Lipinski definition) is 5. The number of rotatable bonds is 4. The van der Waals surface area contributed by atoms with Crippen LogP contribution in [0.2, 0.25) is 0 Å². The number of benzene rings is 1. The number of piperidine rings is 1. The molecule has 2 aliphatic rings. The van der Waals surface area contributed by atoms with Crippen molar-refractivity contribution in [2.75, 3.05) is 45.5 Å². The fraction of sp³-hybridized carbons (Fsp3) is 0.667. The van der Waals surface area contributed by atoms with Crippen LogP contribution in [-0.2, 0) is 16.4 Å². The van der Waals surface area contributed by atoms with Crippen molar-refractivity contribution in [2.24, 2.45) is 0 Å². The lowest BCUT2D eigenvalue weighted by Gasteiger charge is -2.38. The smallest absolute Gasteiger partial charge is 0.175 e. The molecule has 5 nitrogen and oxygen atoms in total. The Balaban J connectivity index is 0.00000225. The van der Waals surface area contributed by atoms with Crippen LogP contribution in [0.1, 0.15) is 24.8 Å². The molecule has 1 aromatic carbocycles. The third-order valence-electron chi connectivity index (χ3n) is 5.21. The molecule has 2 heterocycles. The summed E-state index contributed by atoms with van der Waals surface area (Å²) >= 11 is 0. The molecule has 3 rings (SSSR count). The van der Waals surface area contributed by atoms with Gasteiger partial charge in [-0.25, -0.2) is 8.42 Å². The molecule has 2 fully saturated rings. The van der Waals surface area contributed by atoms with Crippen LogP contribution in [0.5, 0.6) is 0 Å². The highest BCUT2D eigenvalue weighted by atomic mass is 35.5. The van der Waals surface area contributed by atoms with Crippen molar-refractivity contribution < 1.29 is 8.42 Å². The summed E-state index contributed by atoms with van der Waals surface area (Å²) in [5.41, 5.74) is 0.928. The van der Waals surface area contributed by atoms with E-state index < -0.39 is 9.84 Å². The van der Waals surface area contributed by atoms with Crippen molar-refractivity contribution in [3.8, 4) is 0 Å². The van der Waals surface area contributed by atoms with Gasteiger partial charge in [0.1, 0.15) is 0 Å². The lowest BCUT2D eigenvalue weighted by atomic mass is 10.0. The first-order valence-electron chi connectivity index (χ1n) is 8.99. The Morgan fingerprint density at radius 3 is 2.52 bits per heavy atom. The Morgan fingerprint density at radius 2 is 1.80 bits per heavy atom. The molecule has 142 valence electrons. The molecule has 0 amide bonds. The first-order chi connectivity index (χ1) is 11.5. The minimum absolute atomic E-state index is 0. The Labute approximate surface area is 158 Å². The zero-order chi connectivity index (χ0) is 17.0. The predicted molar refractivity (Wildman–Crippen MR) is 104 cm³/mol. The summed E-state index contributed by atoms with van der Waals surface area (Å²) < 4.78 is 23.9. The van der Waals surface area contributed by atoms with E-state index in [9.17, 15) is 8.42 Å². The van der Waals surface area contributed by atoms with Crippen molar-refractivity contribution >= 4 is 22.2 Å². The second kappa shape index (κ2) is 9.33. The number of nitrogens with zero attached hydrogens (tertiary/aromatic N) is 2. The van der Waals surface area contributed by atoms with Gasteiger partial charge in [-0.2, -0.15) is 0 Å². The molecule has 0 spiro atoms. The SMILES string of the molecule is CS(=O)(=O)c1ccccc1CN1CCC(N2CCCNCC2)CC1.Cl. The molecule has 0 atom stereocenters. The molecule has 0 bridgehead atoms. The van der Waals surface area contributed by atoms with Gasteiger partial charge in [0, 0.05) is 31.9 Å². The molecule has 2 aliphatic heterocycles. The molecule has 25 heavy (non-hydrogen) atoms. The van der Waals surface area contributed by atoms with E-state index in [0.717, 1.165) is 44.8 Å². The van der Waals surface area contributed by atoms with E-state index in [4.69, 9.17) is 0 Å². The second-order valence-corrected chi connectivity index (χ2v) is 9.01. The van der Waals surface area contributed by atoms with E-state index in [0.29, 0.717) is 10.9 Å². The van der Waals surface area contributed by atoms with Crippen molar-refractivity contribution in [3.63, 3.8) is 0 Å². The number of likely N-dealkylation sites (tertiary alicyclic amines) is 1. The zero-order valence-corrected chi connectivity index (χ0v) is 16.6. The molecule has 2 saturated heterocycles. The molecule has 1 N–H and O–H groups in total. The van der Waals surface area contributed by atoms with Gasteiger partial charge < -0.3 is 5.32 Å². The van der Waals surface area contributed by atoms with Gasteiger partial charge >= 0.3 is 0 Å². The number of sulfone groups is 1. The molecule has 0 saturated carbocycles. The third-order valence-corrected chi connectivity index (χ3v) is 6.41. The average molecular weight is 388 g/mol. The number of hydrogen-bond donors (Lipinski definition) is 1. The summed E-state index contributed by atoms with van der Waals surface area (Å²) in [5, 5.41) is 3.47. The van der Waals surface area contributed by atoms with Gasteiger partial charge in [0.2, 0.25) is 0 Å². The van der Waals surface area contributed by atoms with Crippen LogP contribution in [0.25, 0.3) is 0 Å². The summed E-state index contributed by atoms with van der Waals surface area (Å²) in [6.45, 7) is 7.42. The first kappa shape index (κ1) is 20.6. The van der Waals surface area contributed by atoms with E-state index in [1.165, 1.54) is 32.1 Å². The summed E-state index contributed by atoms with van der Waals surface area (Å²) in [4.78, 5) is 5.52. The maximum absolute atomic E-state index is 12.0. The standard InChI is InChI=1S/C18H29N3O2S.ClH/c1-24(22,23)18-6-3-2-5-16(18)15-20-12-7-17(8-13-20)21-11-4-9-19-10-14-21;/h2-3,5-6,17,19H,4,7-15H2,1H3;1H. The van der Waals surface area contributed by atoms with Crippen LogP contribution in [-0.4, -0.2) is 69.8 Å². The topological polar surface area (TPSA) is 52.7 Å². The van der Waals surface area contributed by atoms with Gasteiger partial charge in [0.15, 0.2) is 9.84 Å². The minimum atomic E-state index is -3.16. The summed E-state index contributed by atoms with van der Waals surface area (Å²) in [7, 11) is -3.16. The van der Waals surface area contributed by atoms with Gasteiger partial charge in [-0.15, -0.1) is 12.4 Å². The van der Waals surface area contributed by atoms with E-state index in [1.54, 1.807) is 12.1 Å². The zero-order valence-electron chi connectivity index (χ0n) is 15.0. The summed E-state index contributed by atoms with van der Waals surface area (Å²) in [6.07, 6.45) is 4.90. The van der Waals surface area contributed by atoms with Crippen LogP contribution in [0, 0.1) is 0 Å². The monoisotopic (exact) mass is 387 g/mol. The quantitative estimate of drug-likeness (QED) is 0.853. The summed E-state index contributed by atoms with van der Waals surface area (Å²) in [6, 6.07) is 8.09. The first-order valence-corrected chi connectivity index (χ1v) is 10.9. The predicted octanol–water partition coefficient (Wildman–Crippen LogP) is 1.77. The number of halogens is 1. The molecular formula is C18H30ClN3O2S. The lowest BCUT2D eigenvalue weighted by Crippen LogP contribution is -2.45. The largest absolute Gasteiger partial charge is 0.315 e.